The number of nitrogens with one attached hydrogen (secondary N) is 2. The summed E-state index contributed by atoms with van der Waals surface area (Å²) in [5, 5.41) is 6.38. The minimum atomic E-state index is 0.849. The van der Waals surface area contributed by atoms with Gasteiger partial charge in [-0.2, -0.15) is 0 Å². The van der Waals surface area contributed by atoms with E-state index < -0.39 is 0 Å². The van der Waals surface area contributed by atoms with Crippen molar-refractivity contribution in [3.8, 4) is 0 Å². The molecule has 1 heterocycles. The van der Waals surface area contributed by atoms with Crippen LogP contribution in [-0.4, -0.2) is 39.3 Å². The van der Waals surface area contributed by atoms with E-state index in [0.717, 1.165) is 45.0 Å². The van der Waals surface area contributed by atoms with Gasteiger partial charge >= 0.3 is 0 Å². The molecule has 0 aromatic rings. The number of nitrogens with zero attached hydrogens (tertiary/aromatic N) is 1. The van der Waals surface area contributed by atoms with E-state index in [4.69, 9.17) is 4.74 Å². The average Bonchev–Trinajstić information content (AvgIpc) is 2.57. The highest BCUT2D eigenvalue weighted by molar-refractivity contribution is 5.81. The summed E-state index contributed by atoms with van der Waals surface area (Å²) in [7, 11) is 1.73. The van der Waals surface area contributed by atoms with Crippen LogP contribution in [0.2, 0.25) is 0 Å². The lowest BCUT2D eigenvalue weighted by atomic mass is 10.3. The molecule has 1 aliphatic rings. The van der Waals surface area contributed by atoms with E-state index in [0.29, 0.717) is 0 Å². The summed E-state index contributed by atoms with van der Waals surface area (Å²) >= 11 is 0. The molecular formula is C8H17N3O. The Balaban J connectivity index is 1.88. The highest BCUT2D eigenvalue weighted by Gasteiger charge is 2.01. The van der Waals surface area contributed by atoms with Crippen LogP contribution in [0, 0.1) is 0 Å². The molecule has 0 spiro atoms. The largest absolute Gasteiger partial charge is 0.385 e. The molecule has 2 N–H and O–H groups in total. The van der Waals surface area contributed by atoms with Crippen LogP contribution in [0.4, 0.5) is 0 Å². The van der Waals surface area contributed by atoms with Crippen molar-refractivity contribution < 1.29 is 4.74 Å². The third-order valence-electron chi connectivity index (χ3n) is 1.74. The molecule has 0 radical (unpaired) electrons. The summed E-state index contributed by atoms with van der Waals surface area (Å²) < 4.78 is 4.94. The molecule has 0 saturated heterocycles. The fourth-order valence-corrected chi connectivity index (χ4v) is 1.09. The van der Waals surface area contributed by atoms with Gasteiger partial charge in [0.25, 0.3) is 0 Å². The van der Waals surface area contributed by atoms with Gasteiger partial charge in [-0.25, -0.2) is 0 Å². The van der Waals surface area contributed by atoms with Crippen molar-refractivity contribution in [2.75, 3.05) is 33.4 Å². The predicted molar refractivity (Wildman–Crippen MR) is 49.4 cm³/mol. The number of unbranched alkanes of at least 4 members (excludes halogenated alkanes) is 1. The highest BCUT2D eigenvalue weighted by Crippen LogP contribution is 1.87. The number of rotatable bonds is 5. The van der Waals surface area contributed by atoms with E-state index in [1.54, 1.807) is 7.11 Å². The normalized spacial score (nSPS) is 15.6. The summed E-state index contributed by atoms with van der Waals surface area (Å²) in [6.45, 7) is 3.71. The van der Waals surface area contributed by atoms with Gasteiger partial charge in [-0.1, -0.05) is 0 Å². The van der Waals surface area contributed by atoms with Crippen LogP contribution in [0.1, 0.15) is 12.8 Å². The summed E-state index contributed by atoms with van der Waals surface area (Å²) in [6, 6.07) is 0. The molecule has 4 nitrogen and oxygen atoms in total. The van der Waals surface area contributed by atoms with Gasteiger partial charge in [0.05, 0.1) is 6.54 Å². The van der Waals surface area contributed by atoms with Crippen LogP contribution < -0.4 is 10.6 Å². The van der Waals surface area contributed by atoms with Crippen LogP contribution in [0.25, 0.3) is 0 Å². The molecule has 0 fully saturated rings. The number of aliphatic imine (C=N–C) groups is 1. The van der Waals surface area contributed by atoms with Crippen LogP contribution in [0.5, 0.6) is 0 Å². The van der Waals surface area contributed by atoms with E-state index >= 15 is 0 Å². The first-order valence-corrected chi connectivity index (χ1v) is 4.44. The van der Waals surface area contributed by atoms with Crippen molar-refractivity contribution in [3.05, 3.63) is 0 Å². The maximum Gasteiger partial charge on any atom is 0.191 e. The molecule has 0 amide bonds. The monoisotopic (exact) mass is 171 g/mol. The van der Waals surface area contributed by atoms with E-state index in [-0.39, 0.29) is 0 Å². The minimum absolute atomic E-state index is 0.849. The first-order chi connectivity index (χ1) is 5.93. The Hall–Kier alpha value is -0.770. The van der Waals surface area contributed by atoms with Gasteiger partial charge in [0.15, 0.2) is 5.96 Å². The first kappa shape index (κ1) is 9.32. The van der Waals surface area contributed by atoms with Crippen molar-refractivity contribution in [1.82, 2.24) is 10.6 Å². The molecule has 0 atom stereocenters. The molecule has 0 aromatic carbocycles. The van der Waals surface area contributed by atoms with Crippen molar-refractivity contribution in [2.45, 2.75) is 12.8 Å². The van der Waals surface area contributed by atoms with Crippen molar-refractivity contribution >= 4 is 5.96 Å². The van der Waals surface area contributed by atoms with Crippen molar-refractivity contribution in [3.63, 3.8) is 0 Å². The molecule has 0 aliphatic carbocycles. The molecular weight excluding hydrogens is 154 g/mol. The van der Waals surface area contributed by atoms with Crippen LogP contribution in [-0.2, 0) is 4.74 Å². The van der Waals surface area contributed by atoms with E-state index in [1.807, 2.05) is 0 Å². The van der Waals surface area contributed by atoms with Gasteiger partial charge < -0.3 is 15.4 Å². The summed E-state index contributed by atoms with van der Waals surface area (Å²) in [5.41, 5.74) is 0. The standard InChI is InChI=1S/C8H17N3O/c1-12-7-3-2-4-9-8-10-5-6-11-8/h2-7H2,1H3,(H2,9,10,11). The Bertz CT molecular complexity index is 147. The summed E-state index contributed by atoms with van der Waals surface area (Å²) in [6.07, 6.45) is 2.24. The molecule has 0 unspecified atom stereocenters. The second kappa shape index (κ2) is 5.83. The molecule has 12 heavy (non-hydrogen) atoms. The van der Waals surface area contributed by atoms with Gasteiger partial charge in [0.1, 0.15) is 0 Å². The highest BCUT2D eigenvalue weighted by atomic mass is 16.5. The van der Waals surface area contributed by atoms with Gasteiger partial charge in [0.2, 0.25) is 0 Å². The van der Waals surface area contributed by atoms with Crippen molar-refractivity contribution in [2.24, 2.45) is 4.99 Å². The Morgan fingerprint density at radius 1 is 1.58 bits per heavy atom. The van der Waals surface area contributed by atoms with E-state index in [2.05, 4.69) is 15.6 Å². The lowest BCUT2D eigenvalue weighted by Gasteiger charge is -2.05. The molecule has 1 rings (SSSR count). The molecule has 0 aromatic heterocycles. The Morgan fingerprint density at radius 3 is 3.17 bits per heavy atom. The Morgan fingerprint density at radius 2 is 2.50 bits per heavy atom. The van der Waals surface area contributed by atoms with Gasteiger partial charge in [0, 0.05) is 26.8 Å². The van der Waals surface area contributed by atoms with Gasteiger partial charge in [-0.05, 0) is 12.8 Å². The Kier molecular flexibility index (Phi) is 4.52. The third kappa shape index (κ3) is 3.57. The van der Waals surface area contributed by atoms with Gasteiger partial charge in [-0.3, -0.25) is 4.99 Å². The fourth-order valence-electron chi connectivity index (χ4n) is 1.09. The minimum Gasteiger partial charge on any atom is -0.385 e. The molecule has 1 aliphatic heterocycles. The van der Waals surface area contributed by atoms with Crippen LogP contribution >= 0.6 is 0 Å². The molecule has 70 valence electrons. The first-order valence-electron chi connectivity index (χ1n) is 4.44. The summed E-state index contributed by atoms with van der Waals surface area (Å²) in [4.78, 5) is 4.22. The topological polar surface area (TPSA) is 45.6 Å². The third-order valence-corrected chi connectivity index (χ3v) is 1.74. The van der Waals surface area contributed by atoms with E-state index in [1.165, 1.54) is 0 Å². The second-order valence-corrected chi connectivity index (χ2v) is 2.78. The Labute approximate surface area is 73.4 Å². The van der Waals surface area contributed by atoms with Crippen molar-refractivity contribution in [1.29, 1.82) is 0 Å². The quantitative estimate of drug-likeness (QED) is 0.571. The summed E-state index contributed by atoms with van der Waals surface area (Å²) in [5.74, 6) is 0.951. The lowest BCUT2D eigenvalue weighted by molar-refractivity contribution is 0.193. The van der Waals surface area contributed by atoms with Gasteiger partial charge in [-0.15, -0.1) is 0 Å². The molecule has 4 heteroatoms. The van der Waals surface area contributed by atoms with E-state index in [9.17, 15) is 0 Å². The number of ether oxygens (including phenoxy) is 1. The smallest absolute Gasteiger partial charge is 0.191 e. The number of guanidine groups is 1. The lowest BCUT2D eigenvalue weighted by Crippen LogP contribution is -2.34. The number of hydrogen-bond donors (Lipinski definition) is 2. The zero-order valence-electron chi connectivity index (χ0n) is 7.60. The predicted octanol–water partition coefficient (Wildman–Crippen LogP) is -0.0382. The fraction of sp³-hybridized carbons (Fsp3) is 0.875. The maximum absolute atomic E-state index is 4.94. The molecule has 0 saturated carbocycles. The second-order valence-electron chi connectivity index (χ2n) is 2.78. The average molecular weight is 171 g/mol. The van der Waals surface area contributed by atoms with Crippen LogP contribution in [0.15, 0.2) is 4.99 Å². The number of hydrogen-bond acceptors (Lipinski definition) is 4. The maximum atomic E-state index is 4.94. The SMILES string of the molecule is COCCCCNC1=NCCN1. The zero-order valence-corrected chi connectivity index (χ0v) is 7.60. The molecule has 0 bridgehead atoms. The van der Waals surface area contributed by atoms with Crippen LogP contribution in [0.3, 0.4) is 0 Å². The zero-order chi connectivity index (χ0) is 8.65. The number of methoxy groups -OCH3 is 1.